The van der Waals surface area contributed by atoms with Gasteiger partial charge in [-0.2, -0.15) is 0 Å². The molecule has 1 aromatic carbocycles. The molecular weight excluding hydrogens is 276 g/mol. The molecule has 0 bridgehead atoms. The average molecular weight is 293 g/mol. The molecule has 0 fully saturated rings. The number of aryl methyl sites for hydroxylation is 1. The molecule has 0 saturated carbocycles. The minimum Gasteiger partial charge on any atom is -0.312 e. The van der Waals surface area contributed by atoms with Crippen LogP contribution in [0.15, 0.2) is 47.6 Å². The number of nitrogens with zero attached hydrogens (tertiary/aromatic N) is 1. The first-order chi connectivity index (χ1) is 9.20. The minimum absolute atomic E-state index is 0.300. The summed E-state index contributed by atoms with van der Waals surface area (Å²) < 4.78 is 0. The normalized spacial score (nSPS) is 12.4. The first kappa shape index (κ1) is 14.4. The highest BCUT2D eigenvalue weighted by Gasteiger charge is 2.12. The van der Waals surface area contributed by atoms with Crippen LogP contribution in [0.25, 0.3) is 0 Å². The third kappa shape index (κ3) is 3.96. The summed E-state index contributed by atoms with van der Waals surface area (Å²) in [6.45, 7) is 2.12. The van der Waals surface area contributed by atoms with E-state index in [1.807, 2.05) is 49.4 Å². The highest BCUT2D eigenvalue weighted by Crippen LogP contribution is 2.26. The molecule has 0 amide bonds. The maximum Gasteiger partial charge on any atom is 0.0430 e. The third-order valence-corrected chi connectivity index (χ3v) is 4.39. The lowest BCUT2D eigenvalue weighted by Gasteiger charge is -2.18. The lowest BCUT2D eigenvalue weighted by Crippen LogP contribution is -2.19. The molecule has 0 radical (unpaired) electrons. The quantitative estimate of drug-likeness (QED) is 0.840. The molecule has 2 aromatic rings. The topological polar surface area (TPSA) is 24.9 Å². The van der Waals surface area contributed by atoms with Crippen LogP contribution in [0.4, 0.5) is 0 Å². The van der Waals surface area contributed by atoms with Crippen molar-refractivity contribution in [2.75, 3.05) is 12.8 Å². The SMILES string of the molecule is CNC(CSc1ccc(Cl)cc1)c1cnccc1C. The minimum atomic E-state index is 0.300. The van der Waals surface area contributed by atoms with Gasteiger partial charge in [0.15, 0.2) is 0 Å². The molecule has 1 atom stereocenters. The van der Waals surface area contributed by atoms with Gasteiger partial charge in [0, 0.05) is 34.1 Å². The summed E-state index contributed by atoms with van der Waals surface area (Å²) in [6, 6.07) is 10.3. The molecule has 0 spiro atoms. The standard InChI is InChI=1S/C15H17ClN2S/c1-11-7-8-18-9-14(11)15(17-2)10-19-13-5-3-12(16)4-6-13/h3-9,15,17H,10H2,1-2H3. The van der Waals surface area contributed by atoms with Crippen LogP contribution in [0.1, 0.15) is 17.2 Å². The Labute approximate surface area is 123 Å². The van der Waals surface area contributed by atoms with E-state index in [2.05, 4.69) is 29.4 Å². The molecule has 2 nitrogen and oxygen atoms in total. The molecule has 19 heavy (non-hydrogen) atoms. The van der Waals surface area contributed by atoms with Crippen molar-refractivity contribution >= 4 is 23.4 Å². The highest BCUT2D eigenvalue weighted by molar-refractivity contribution is 7.99. The van der Waals surface area contributed by atoms with Gasteiger partial charge in [-0.3, -0.25) is 4.98 Å². The molecule has 2 rings (SSSR count). The van der Waals surface area contributed by atoms with Crippen molar-refractivity contribution < 1.29 is 0 Å². The van der Waals surface area contributed by atoms with Crippen LogP contribution in [-0.2, 0) is 0 Å². The molecule has 0 aliphatic rings. The number of aromatic nitrogens is 1. The summed E-state index contributed by atoms with van der Waals surface area (Å²) in [6.07, 6.45) is 3.77. The maximum atomic E-state index is 5.89. The summed E-state index contributed by atoms with van der Waals surface area (Å²) in [5, 5.41) is 4.13. The molecule has 0 aliphatic heterocycles. The summed E-state index contributed by atoms with van der Waals surface area (Å²) in [4.78, 5) is 5.44. The van der Waals surface area contributed by atoms with E-state index in [9.17, 15) is 0 Å². The zero-order valence-electron chi connectivity index (χ0n) is 11.1. The predicted molar refractivity (Wildman–Crippen MR) is 83.0 cm³/mol. The van der Waals surface area contributed by atoms with Crippen LogP contribution in [0.5, 0.6) is 0 Å². The number of rotatable bonds is 5. The van der Waals surface area contributed by atoms with E-state index in [0.29, 0.717) is 6.04 Å². The Morgan fingerprint density at radius 3 is 2.63 bits per heavy atom. The zero-order valence-corrected chi connectivity index (χ0v) is 12.6. The van der Waals surface area contributed by atoms with Crippen LogP contribution in [0.2, 0.25) is 5.02 Å². The number of nitrogens with one attached hydrogen (secondary N) is 1. The van der Waals surface area contributed by atoms with E-state index in [-0.39, 0.29) is 0 Å². The number of hydrogen-bond acceptors (Lipinski definition) is 3. The van der Waals surface area contributed by atoms with E-state index >= 15 is 0 Å². The molecule has 1 N–H and O–H groups in total. The second kappa shape index (κ2) is 6.94. The fourth-order valence-corrected chi connectivity index (χ4v) is 3.04. The molecule has 1 heterocycles. The second-order valence-electron chi connectivity index (χ2n) is 4.34. The van der Waals surface area contributed by atoms with Gasteiger partial charge in [-0.15, -0.1) is 11.8 Å². The van der Waals surface area contributed by atoms with E-state index < -0.39 is 0 Å². The van der Waals surface area contributed by atoms with Crippen LogP contribution < -0.4 is 5.32 Å². The van der Waals surface area contributed by atoms with Gasteiger partial charge >= 0.3 is 0 Å². The zero-order chi connectivity index (χ0) is 13.7. The lowest BCUT2D eigenvalue weighted by molar-refractivity contribution is 0.655. The molecular formula is C15H17ClN2S. The van der Waals surface area contributed by atoms with Crippen molar-refractivity contribution in [2.45, 2.75) is 17.9 Å². The van der Waals surface area contributed by atoms with E-state index in [1.54, 1.807) is 0 Å². The van der Waals surface area contributed by atoms with Crippen molar-refractivity contribution in [2.24, 2.45) is 0 Å². The molecule has 1 aromatic heterocycles. The van der Waals surface area contributed by atoms with Gasteiger partial charge in [0.05, 0.1) is 0 Å². The number of pyridine rings is 1. The van der Waals surface area contributed by atoms with E-state index in [0.717, 1.165) is 10.8 Å². The van der Waals surface area contributed by atoms with Gasteiger partial charge in [-0.05, 0) is 55.4 Å². The molecule has 0 aliphatic carbocycles. The fourth-order valence-electron chi connectivity index (χ4n) is 1.88. The Bertz CT molecular complexity index is 528. The molecule has 4 heteroatoms. The number of benzene rings is 1. The third-order valence-electron chi connectivity index (χ3n) is 3.03. The molecule has 100 valence electrons. The van der Waals surface area contributed by atoms with Gasteiger partial charge in [0.25, 0.3) is 0 Å². The van der Waals surface area contributed by atoms with Crippen molar-refractivity contribution in [1.82, 2.24) is 10.3 Å². The Hall–Kier alpha value is -1.03. The van der Waals surface area contributed by atoms with Gasteiger partial charge < -0.3 is 5.32 Å². The van der Waals surface area contributed by atoms with Crippen LogP contribution in [-0.4, -0.2) is 17.8 Å². The summed E-state index contributed by atoms with van der Waals surface area (Å²) in [5.74, 6) is 0.963. The fraction of sp³-hybridized carbons (Fsp3) is 0.267. The smallest absolute Gasteiger partial charge is 0.0430 e. The molecule has 0 saturated heterocycles. The first-order valence-electron chi connectivity index (χ1n) is 6.17. The Kier molecular flexibility index (Phi) is 5.25. The Morgan fingerprint density at radius 2 is 2.00 bits per heavy atom. The monoisotopic (exact) mass is 292 g/mol. The second-order valence-corrected chi connectivity index (χ2v) is 5.87. The maximum absolute atomic E-state index is 5.89. The van der Waals surface area contributed by atoms with Crippen molar-refractivity contribution in [3.63, 3.8) is 0 Å². The van der Waals surface area contributed by atoms with Gasteiger partial charge in [0.1, 0.15) is 0 Å². The summed E-state index contributed by atoms with van der Waals surface area (Å²) in [7, 11) is 1.99. The lowest BCUT2D eigenvalue weighted by atomic mass is 10.1. The highest BCUT2D eigenvalue weighted by atomic mass is 35.5. The van der Waals surface area contributed by atoms with Crippen molar-refractivity contribution in [3.8, 4) is 0 Å². The molecule has 1 unspecified atom stereocenters. The van der Waals surface area contributed by atoms with Gasteiger partial charge in [-0.25, -0.2) is 0 Å². The first-order valence-corrected chi connectivity index (χ1v) is 7.53. The number of thioether (sulfide) groups is 1. The Balaban J connectivity index is 2.04. The average Bonchev–Trinajstić information content (AvgIpc) is 2.43. The Morgan fingerprint density at radius 1 is 1.26 bits per heavy atom. The number of hydrogen-bond donors (Lipinski definition) is 1. The van der Waals surface area contributed by atoms with Crippen molar-refractivity contribution in [1.29, 1.82) is 0 Å². The van der Waals surface area contributed by atoms with Crippen LogP contribution in [0.3, 0.4) is 0 Å². The predicted octanol–water partition coefficient (Wildman–Crippen LogP) is 4.10. The van der Waals surface area contributed by atoms with Crippen LogP contribution in [0, 0.1) is 6.92 Å². The van der Waals surface area contributed by atoms with Gasteiger partial charge in [0.2, 0.25) is 0 Å². The van der Waals surface area contributed by atoms with E-state index in [1.165, 1.54) is 16.0 Å². The largest absolute Gasteiger partial charge is 0.312 e. The van der Waals surface area contributed by atoms with Crippen molar-refractivity contribution in [3.05, 3.63) is 58.9 Å². The summed E-state index contributed by atoms with van der Waals surface area (Å²) >= 11 is 7.70. The number of halogens is 1. The van der Waals surface area contributed by atoms with Gasteiger partial charge in [-0.1, -0.05) is 11.6 Å². The van der Waals surface area contributed by atoms with Crippen LogP contribution >= 0.6 is 23.4 Å². The summed E-state index contributed by atoms with van der Waals surface area (Å²) in [5.41, 5.74) is 2.53. The van der Waals surface area contributed by atoms with E-state index in [4.69, 9.17) is 11.6 Å².